The fourth-order valence-electron chi connectivity index (χ4n) is 2.44. The van der Waals surface area contributed by atoms with E-state index in [9.17, 15) is 4.79 Å². The fourth-order valence-corrected chi connectivity index (χ4v) is 2.44. The molecule has 1 fully saturated rings. The Labute approximate surface area is 120 Å². The van der Waals surface area contributed by atoms with Gasteiger partial charge in [0, 0.05) is 31.6 Å². The van der Waals surface area contributed by atoms with Gasteiger partial charge in [-0.15, -0.1) is 0 Å². The zero-order chi connectivity index (χ0) is 14.5. The first kappa shape index (κ1) is 14.4. The summed E-state index contributed by atoms with van der Waals surface area (Å²) in [5.74, 6) is 1.72. The van der Waals surface area contributed by atoms with Gasteiger partial charge < -0.3 is 14.4 Å². The van der Waals surface area contributed by atoms with E-state index >= 15 is 0 Å². The van der Waals surface area contributed by atoms with E-state index < -0.39 is 0 Å². The summed E-state index contributed by atoms with van der Waals surface area (Å²) in [5.41, 5.74) is 2.10. The standard InChI is InChI=1S/C16H21NO3/c1-4-17-8-7-14(18)11-13(17)9-12-5-6-15(19-2)16(10-12)20-3/h5-6,9-10H,4,7-8,11H2,1-3H3/b13-9+. The van der Waals surface area contributed by atoms with Crippen molar-refractivity contribution in [2.24, 2.45) is 0 Å². The second-order valence-electron chi connectivity index (χ2n) is 4.80. The van der Waals surface area contributed by atoms with Gasteiger partial charge in [-0.05, 0) is 30.7 Å². The van der Waals surface area contributed by atoms with Crippen molar-refractivity contribution in [1.29, 1.82) is 0 Å². The summed E-state index contributed by atoms with van der Waals surface area (Å²) in [6.07, 6.45) is 3.22. The lowest BCUT2D eigenvalue weighted by Gasteiger charge is -2.30. The minimum atomic E-state index is 0.307. The average Bonchev–Trinajstić information content (AvgIpc) is 2.47. The summed E-state index contributed by atoms with van der Waals surface area (Å²) in [5, 5.41) is 0. The van der Waals surface area contributed by atoms with Crippen LogP contribution in [0.5, 0.6) is 11.5 Å². The van der Waals surface area contributed by atoms with Crippen LogP contribution >= 0.6 is 0 Å². The SMILES string of the molecule is CCN1CCC(=O)C/C1=C\c1ccc(OC)c(OC)c1. The number of hydrogen-bond acceptors (Lipinski definition) is 4. The summed E-state index contributed by atoms with van der Waals surface area (Å²) in [6.45, 7) is 3.85. The molecule has 1 heterocycles. The van der Waals surface area contributed by atoms with Crippen LogP contribution < -0.4 is 9.47 Å². The number of likely N-dealkylation sites (tertiary alicyclic amines) is 1. The molecule has 2 rings (SSSR count). The van der Waals surface area contributed by atoms with Gasteiger partial charge >= 0.3 is 0 Å². The molecular formula is C16H21NO3. The molecule has 20 heavy (non-hydrogen) atoms. The van der Waals surface area contributed by atoms with E-state index in [0.717, 1.165) is 24.4 Å². The van der Waals surface area contributed by atoms with E-state index in [1.165, 1.54) is 0 Å². The van der Waals surface area contributed by atoms with Crippen LogP contribution in [-0.4, -0.2) is 38.0 Å². The number of Topliss-reactive ketones (excluding diaryl/α,β-unsaturated/α-hetero) is 1. The van der Waals surface area contributed by atoms with E-state index in [4.69, 9.17) is 9.47 Å². The van der Waals surface area contributed by atoms with E-state index in [2.05, 4.69) is 17.9 Å². The minimum absolute atomic E-state index is 0.307. The van der Waals surface area contributed by atoms with E-state index in [1.807, 2.05) is 18.2 Å². The second-order valence-corrected chi connectivity index (χ2v) is 4.80. The van der Waals surface area contributed by atoms with Crippen molar-refractivity contribution in [2.45, 2.75) is 19.8 Å². The van der Waals surface area contributed by atoms with Gasteiger partial charge in [-0.3, -0.25) is 4.79 Å². The highest BCUT2D eigenvalue weighted by atomic mass is 16.5. The van der Waals surface area contributed by atoms with Crippen molar-refractivity contribution in [1.82, 2.24) is 4.90 Å². The Morgan fingerprint density at radius 2 is 2.00 bits per heavy atom. The molecule has 4 heteroatoms. The van der Waals surface area contributed by atoms with Crippen LogP contribution in [0.2, 0.25) is 0 Å². The molecule has 108 valence electrons. The molecule has 0 atom stereocenters. The summed E-state index contributed by atoms with van der Waals surface area (Å²) in [6, 6.07) is 5.78. The van der Waals surface area contributed by atoms with Crippen molar-refractivity contribution in [3.05, 3.63) is 29.5 Å². The Hall–Kier alpha value is -1.97. The van der Waals surface area contributed by atoms with Gasteiger partial charge in [0.1, 0.15) is 5.78 Å². The molecule has 0 N–H and O–H groups in total. The molecule has 0 saturated carbocycles. The molecule has 1 aliphatic heterocycles. The Kier molecular flexibility index (Phi) is 4.66. The number of benzene rings is 1. The van der Waals surface area contributed by atoms with Crippen molar-refractivity contribution in [3.8, 4) is 11.5 Å². The number of carbonyl (C=O) groups excluding carboxylic acids is 1. The van der Waals surface area contributed by atoms with Crippen LogP contribution in [0.4, 0.5) is 0 Å². The molecule has 0 spiro atoms. The van der Waals surface area contributed by atoms with Crippen LogP contribution in [-0.2, 0) is 4.79 Å². The van der Waals surface area contributed by atoms with Crippen LogP contribution in [0.25, 0.3) is 6.08 Å². The third kappa shape index (κ3) is 3.13. The lowest BCUT2D eigenvalue weighted by atomic mass is 10.0. The van der Waals surface area contributed by atoms with Crippen molar-refractivity contribution < 1.29 is 14.3 Å². The molecule has 0 aliphatic carbocycles. The zero-order valence-electron chi connectivity index (χ0n) is 12.3. The van der Waals surface area contributed by atoms with Crippen LogP contribution in [0.15, 0.2) is 23.9 Å². The highest BCUT2D eigenvalue weighted by molar-refractivity contribution is 5.83. The summed E-state index contributed by atoms with van der Waals surface area (Å²) in [7, 11) is 3.24. The van der Waals surface area contributed by atoms with Gasteiger partial charge in [-0.1, -0.05) is 6.07 Å². The van der Waals surface area contributed by atoms with Gasteiger partial charge in [-0.25, -0.2) is 0 Å². The predicted octanol–water partition coefficient (Wildman–Crippen LogP) is 2.73. The summed E-state index contributed by atoms with van der Waals surface area (Å²) < 4.78 is 10.5. The number of carbonyl (C=O) groups is 1. The van der Waals surface area contributed by atoms with Crippen molar-refractivity contribution >= 4 is 11.9 Å². The Bertz CT molecular complexity index is 522. The Morgan fingerprint density at radius 3 is 2.65 bits per heavy atom. The van der Waals surface area contributed by atoms with E-state index in [0.29, 0.717) is 30.1 Å². The van der Waals surface area contributed by atoms with E-state index in [-0.39, 0.29) is 0 Å². The molecule has 1 saturated heterocycles. The van der Waals surface area contributed by atoms with Gasteiger partial charge in [0.25, 0.3) is 0 Å². The molecular weight excluding hydrogens is 254 g/mol. The Balaban J connectivity index is 2.30. The average molecular weight is 275 g/mol. The maximum atomic E-state index is 11.6. The van der Waals surface area contributed by atoms with Gasteiger partial charge in [0.05, 0.1) is 14.2 Å². The molecule has 1 aromatic carbocycles. The monoisotopic (exact) mass is 275 g/mol. The number of ketones is 1. The smallest absolute Gasteiger partial charge is 0.161 e. The summed E-state index contributed by atoms with van der Waals surface area (Å²) >= 11 is 0. The van der Waals surface area contributed by atoms with Gasteiger partial charge in [-0.2, -0.15) is 0 Å². The maximum Gasteiger partial charge on any atom is 0.161 e. The highest BCUT2D eigenvalue weighted by Gasteiger charge is 2.19. The molecule has 1 aromatic rings. The van der Waals surface area contributed by atoms with E-state index in [1.54, 1.807) is 14.2 Å². The minimum Gasteiger partial charge on any atom is -0.493 e. The first-order valence-electron chi connectivity index (χ1n) is 6.87. The maximum absolute atomic E-state index is 11.6. The number of methoxy groups -OCH3 is 2. The summed E-state index contributed by atoms with van der Waals surface area (Å²) in [4.78, 5) is 13.9. The Morgan fingerprint density at radius 1 is 1.25 bits per heavy atom. The number of rotatable bonds is 4. The lowest BCUT2D eigenvalue weighted by Crippen LogP contribution is -2.31. The first-order valence-corrected chi connectivity index (χ1v) is 6.87. The second kappa shape index (κ2) is 6.46. The highest BCUT2D eigenvalue weighted by Crippen LogP contribution is 2.29. The lowest BCUT2D eigenvalue weighted by molar-refractivity contribution is -0.120. The first-order chi connectivity index (χ1) is 9.67. The molecule has 0 unspecified atom stereocenters. The van der Waals surface area contributed by atoms with Crippen molar-refractivity contribution in [3.63, 3.8) is 0 Å². The van der Waals surface area contributed by atoms with Crippen molar-refractivity contribution in [2.75, 3.05) is 27.3 Å². The molecule has 1 aliphatic rings. The molecule has 4 nitrogen and oxygen atoms in total. The topological polar surface area (TPSA) is 38.8 Å². The number of ether oxygens (including phenoxy) is 2. The largest absolute Gasteiger partial charge is 0.493 e. The van der Waals surface area contributed by atoms with Gasteiger partial charge in [0.15, 0.2) is 11.5 Å². The molecule has 0 bridgehead atoms. The number of allylic oxidation sites excluding steroid dienone is 1. The molecule has 0 amide bonds. The van der Waals surface area contributed by atoms with Crippen LogP contribution in [0.1, 0.15) is 25.3 Å². The zero-order valence-corrected chi connectivity index (χ0v) is 12.3. The predicted molar refractivity (Wildman–Crippen MR) is 79.0 cm³/mol. The number of hydrogen-bond donors (Lipinski definition) is 0. The number of nitrogens with zero attached hydrogens (tertiary/aromatic N) is 1. The molecule has 0 aromatic heterocycles. The van der Waals surface area contributed by atoms with Crippen LogP contribution in [0, 0.1) is 0 Å². The quantitative estimate of drug-likeness (QED) is 0.847. The number of piperidine rings is 1. The third-order valence-corrected chi connectivity index (χ3v) is 3.57. The third-order valence-electron chi connectivity index (χ3n) is 3.57. The van der Waals surface area contributed by atoms with Gasteiger partial charge in [0.2, 0.25) is 0 Å². The fraction of sp³-hybridized carbons (Fsp3) is 0.438. The normalized spacial score (nSPS) is 17.4. The van der Waals surface area contributed by atoms with Crippen LogP contribution in [0.3, 0.4) is 0 Å². The molecule has 0 radical (unpaired) electrons.